The molecule has 10 nitrogen and oxygen atoms in total. The number of nitrogens with one attached hydrogen (secondary N) is 1. The Balaban J connectivity index is 0.000000256. The van der Waals surface area contributed by atoms with Gasteiger partial charge in [-0.05, 0) is 52.3 Å². The van der Waals surface area contributed by atoms with Crippen LogP contribution >= 0.6 is 22.9 Å². The maximum absolute atomic E-state index is 14.2. The molecule has 0 radical (unpaired) electrons. The van der Waals surface area contributed by atoms with Crippen molar-refractivity contribution >= 4 is 58.4 Å². The molecule has 0 saturated heterocycles. The molecule has 3 aromatic rings. The van der Waals surface area contributed by atoms with Crippen LogP contribution in [0, 0.1) is 12.7 Å². The van der Waals surface area contributed by atoms with E-state index in [2.05, 4.69) is 22.2 Å². The number of carbonyl (C=O) groups is 4. The van der Waals surface area contributed by atoms with E-state index in [-0.39, 0.29) is 35.5 Å². The summed E-state index contributed by atoms with van der Waals surface area (Å²) in [5, 5.41) is 12.0. The number of aliphatic hydroxyl groups excluding tert-OH is 1. The second-order valence-corrected chi connectivity index (χ2v) is 10.8. The zero-order valence-electron chi connectivity index (χ0n) is 23.2. The highest BCUT2D eigenvalue weighted by Gasteiger charge is 2.37. The summed E-state index contributed by atoms with van der Waals surface area (Å²) in [6, 6.07) is 0.847. The molecule has 1 aliphatic carbocycles. The Morgan fingerprint density at radius 3 is 2.54 bits per heavy atom. The number of pyridine rings is 1. The first-order chi connectivity index (χ1) is 19.7. The number of halogens is 2. The summed E-state index contributed by atoms with van der Waals surface area (Å²) in [6.07, 6.45) is 5.61. The molecule has 1 aliphatic heterocycles. The first kappa shape index (κ1) is 34.0. The maximum Gasteiger partial charge on any atom is 0.258 e. The highest BCUT2D eigenvalue weighted by molar-refractivity contribution is 7.16. The van der Waals surface area contributed by atoms with Crippen LogP contribution in [0.15, 0.2) is 17.8 Å². The second kappa shape index (κ2) is 16.3. The van der Waals surface area contributed by atoms with Gasteiger partial charge in [-0.25, -0.2) is 9.37 Å². The van der Waals surface area contributed by atoms with Crippen molar-refractivity contribution in [1.82, 2.24) is 20.2 Å². The molecule has 0 spiro atoms. The van der Waals surface area contributed by atoms with Crippen LogP contribution in [0.25, 0.3) is 10.2 Å². The first-order valence-corrected chi connectivity index (χ1v) is 14.1. The zero-order valence-corrected chi connectivity index (χ0v) is 24.8. The summed E-state index contributed by atoms with van der Waals surface area (Å²) >= 11 is 7.67. The number of aldehydes is 2. The molecule has 1 saturated carbocycles. The lowest BCUT2D eigenvalue weighted by molar-refractivity contribution is -0.112. The zero-order chi connectivity index (χ0) is 30.7. The molecular weight excluding hydrogens is 573 g/mol. The van der Waals surface area contributed by atoms with Crippen LogP contribution in [-0.4, -0.2) is 71.4 Å². The number of hydrogen-bond acceptors (Lipinski definition) is 10. The molecular formula is C28H35ClFN5O5S. The number of aryl methyl sites for hydroxylation is 1. The van der Waals surface area contributed by atoms with Crippen molar-refractivity contribution in [2.45, 2.75) is 63.8 Å². The first-order valence-electron chi connectivity index (χ1n) is 12.8. The fourth-order valence-corrected chi connectivity index (χ4v) is 5.68. The monoisotopic (exact) mass is 607 g/mol. The Morgan fingerprint density at radius 2 is 1.98 bits per heavy atom. The summed E-state index contributed by atoms with van der Waals surface area (Å²) < 4.78 is 15.4. The Morgan fingerprint density at radius 1 is 1.32 bits per heavy atom. The molecule has 1 aromatic carbocycles. The molecule has 13 heteroatoms. The maximum atomic E-state index is 14.2. The summed E-state index contributed by atoms with van der Waals surface area (Å²) in [4.78, 5) is 51.9. The van der Waals surface area contributed by atoms with E-state index < -0.39 is 24.4 Å². The van der Waals surface area contributed by atoms with Gasteiger partial charge in [0.1, 0.15) is 25.2 Å². The summed E-state index contributed by atoms with van der Waals surface area (Å²) in [5.74, 6) is -0.884. The van der Waals surface area contributed by atoms with Crippen molar-refractivity contribution in [2.75, 3.05) is 14.1 Å². The quantitative estimate of drug-likeness (QED) is 0.343. The number of aliphatic hydroxyl groups is 1. The summed E-state index contributed by atoms with van der Waals surface area (Å²) in [5.41, 5.74) is 11.4. The largest absolute Gasteiger partial charge is 0.392 e. The molecule has 0 bridgehead atoms. The number of nitrogens with zero attached hydrogens (tertiary/aromatic N) is 3. The number of benzene rings is 1. The number of rotatable bonds is 7. The molecule has 4 N–H and O–H groups in total. The summed E-state index contributed by atoms with van der Waals surface area (Å²) in [6.45, 7) is 3.50. The molecule has 2 aliphatic rings. The van der Waals surface area contributed by atoms with Gasteiger partial charge in [-0.2, -0.15) is 0 Å². The van der Waals surface area contributed by atoms with E-state index in [0.29, 0.717) is 30.1 Å². The minimum atomic E-state index is -0.815. The van der Waals surface area contributed by atoms with Gasteiger partial charge in [-0.3, -0.25) is 9.78 Å². The fraction of sp³-hybridized carbons (Fsp3) is 0.429. The molecule has 1 atom stereocenters. The van der Waals surface area contributed by atoms with Crippen molar-refractivity contribution in [3.05, 3.63) is 56.6 Å². The van der Waals surface area contributed by atoms with Crippen LogP contribution in [0.4, 0.5) is 4.39 Å². The van der Waals surface area contributed by atoms with Crippen LogP contribution in [0.5, 0.6) is 0 Å². The van der Waals surface area contributed by atoms with Gasteiger partial charge in [0.15, 0.2) is 0 Å². The van der Waals surface area contributed by atoms with Crippen molar-refractivity contribution in [3.63, 3.8) is 0 Å². The van der Waals surface area contributed by atoms with Crippen LogP contribution in [-0.2, 0) is 27.5 Å². The molecule has 41 heavy (non-hydrogen) atoms. The molecule has 1 fully saturated rings. The number of hydrogen-bond donors (Lipinski definition) is 3. The molecule has 222 valence electrons. The number of nitrogens with two attached hydrogens (primary N) is 1. The lowest BCUT2D eigenvalue weighted by Gasteiger charge is -2.33. The lowest BCUT2D eigenvalue weighted by atomic mass is 9.75. The molecule has 3 heterocycles. The number of thiazole rings is 1. The number of fused-ring (bicyclic) bond motifs is 2. The van der Waals surface area contributed by atoms with E-state index in [1.54, 1.807) is 11.3 Å². The highest BCUT2D eigenvalue weighted by Crippen LogP contribution is 2.40. The minimum Gasteiger partial charge on any atom is -0.392 e. The summed E-state index contributed by atoms with van der Waals surface area (Å²) in [7, 11) is 3.75. The number of aromatic nitrogens is 2. The van der Waals surface area contributed by atoms with Crippen molar-refractivity contribution in [3.8, 4) is 0 Å². The van der Waals surface area contributed by atoms with Gasteiger partial charge < -0.3 is 35.4 Å². The third-order valence-corrected chi connectivity index (χ3v) is 7.80. The van der Waals surface area contributed by atoms with E-state index in [0.717, 1.165) is 24.1 Å². The standard InChI is InChI=1S/C14H13ClFNO4.C11H13N3S.C2H7N.CH2O/c15-11-4-8(6-19)13(16)12-10(11)5-17(14(12)21)9(7-20)2-1-3-18;1-6-10(7-2-8(12)3-7)11-9(4-13-6)15-5-14-11;1-3-2;1-2/h3-4,7,9,19H,1-2,5-6H2;4-5,7-8H,2-3,12H2,1H3;3H,1-2H3;1H2. The Labute approximate surface area is 247 Å². The van der Waals surface area contributed by atoms with Crippen LogP contribution in [0.3, 0.4) is 0 Å². The van der Waals surface area contributed by atoms with Crippen LogP contribution in [0.2, 0.25) is 5.02 Å². The predicted octanol–water partition coefficient (Wildman–Crippen LogP) is 3.33. The van der Waals surface area contributed by atoms with E-state index in [1.165, 1.54) is 21.2 Å². The van der Waals surface area contributed by atoms with E-state index in [9.17, 15) is 18.8 Å². The number of carbonyl (C=O) groups excluding carboxylic acids is 4. The molecule has 1 unspecified atom stereocenters. The van der Waals surface area contributed by atoms with Gasteiger partial charge in [-0.15, -0.1) is 11.3 Å². The smallest absolute Gasteiger partial charge is 0.258 e. The molecule has 2 aromatic heterocycles. The van der Waals surface area contributed by atoms with E-state index in [1.807, 2.05) is 32.6 Å². The topological polar surface area (TPSA) is 156 Å². The SMILES string of the molecule is C=O.CNC.Cc1ncc2scnc2c1C1CC(N)C1.O=CCCC(C=O)N1Cc2c(Cl)cc(CO)c(F)c2C1=O. The normalized spacial score (nSPS) is 17.5. The van der Waals surface area contributed by atoms with Gasteiger partial charge in [0.25, 0.3) is 5.91 Å². The highest BCUT2D eigenvalue weighted by atomic mass is 35.5. The van der Waals surface area contributed by atoms with Gasteiger partial charge in [0.2, 0.25) is 0 Å². The van der Waals surface area contributed by atoms with Crippen LogP contribution < -0.4 is 11.1 Å². The van der Waals surface area contributed by atoms with Gasteiger partial charge >= 0.3 is 0 Å². The Kier molecular flexibility index (Phi) is 13.6. The van der Waals surface area contributed by atoms with Crippen molar-refractivity contribution < 1.29 is 28.7 Å². The Bertz CT molecular complexity index is 1350. The van der Waals surface area contributed by atoms with Gasteiger partial charge in [0, 0.05) is 52.6 Å². The van der Waals surface area contributed by atoms with E-state index >= 15 is 0 Å². The minimum absolute atomic E-state index is 0.0118. The average molecular weight is 608 g/mol. The second-order valence-electron chi connectivity index (χ2n) is 9.47. The third kappa shape index (κ3) is 7.77. The Hall–Kier alpha value is -3.16. The fourth-order valence-electron chi connectivity index (χ4n) is 4.73. The molecule has 5 rings (SSSR count). The predicted molar refractivity (Wildman–Crippen MR) is 157 cm³/mol. The number of amides is 1. The van der Waals surface area contributed by atoms with Gasteiger partial charge in [0.05, 0.1) is 33.9 Å². The van der Waals surface area contributed by atoms with Crippen molar-refractivity contribution in [1.29, 1.82) is 0 Å². The third-order valence-electron chi connectivity index (χ3n) is 6.70. The van der Waals surface area contributed by atoms with E-state index in [4.69, 9.17) is 27.2 Å². The average Bonchev–Trinajstić information content (AvgIpc) is 3.57. The lowest BCUT2D eigenvalue weighted by Crippen LogP contribution is -2.37. The molecule has 1 amide bonds. The van der Waals surface area contributed by atoms with Crippen molar-refractivity contribution in [2.24, 2.45) is 5.73 Å². The van der Waals surface area contributed by atoms with Gasteiger partial charge in [-0.1, -0.05) is 11.6 Å². The van der Waals surface area contributed by atoms with Crippen LogP contribution in [0.1, 0.15) is 64.3 Å².